The molecule has 0 bridgehead atoms. The number of Topliss-reactive ketones (excluding diaryl/α,β-unsaturated/α-hetero) is 2. The van der Waals surface area contributed by atoms with Gasteiger partial charge in [0, 0.05) is 56.8 Å². The van der Waals surface area contributed by atoms with Crippen LogP contribution in [0.15, 0.2) is 166 Å². The van der Waals surface area contributed by atoms with Crippen LogP contribution in [0.1, 0.15) is 339 Å². The zero-order valence-electron chi connectivity index (χ0n) is 66.6. The van der Waals surface area contributed by atoms with Crippen molar-refractivity contribution in [2.45, 2.75) is 239 Å². The van der Waals surface area contributed by atoms with E-state index < -0.39 is 0 Å². The standard InChI is InChI=1S/2C33H43N3.C12H19N.C9H9NO2.4ClH.2Fe.I2/c2*1-20(2)26-14-11-15-27(21(3)4)32(26)34-24(9)30-18-13-19-31(36-30)25(10)35-33-28(22(5)6)16-12-17-29(33)23(7)8;1-8(2)10-6-5-7-11(9(3)4)12(10)13;1-6(11)8-4-3-5-9(10-8)7(2)12;;;;;;;1-2/h2*11-23H,1-10H3;5-9H,13H2,1-4H3;3-5H,1-2H3;4*1H;;;/q;;;;;;;;2*+2;/p-4. The summed E-state index contributed by atoms with van der Waals surface area (Å²) >= 11 is 4.63. The molecule has 0 aliphatic rings. The number of pyridine rings is 3. The first-order chi connectivity index (χ1) is 49.5. The van der Waals surface area contributed by atoms with Crippen LogP contribution in [-0.4, -0.2) is 49.4 Å². The van der Waals surface area contributed by atoms with Crippen LogP contribution in [0.3, 0.4) is 0 Å². The maximum absolute atomic E-state index is 10.8. The van der Waals surface area contributed by atoms with E-state index in [1.807, 2.05) is 24.3 Å². The van der Waals surface area contributed by atoms with Crippen molar-refractivity contribution in [3.63, 3.8) is 0 Å². The molecule has 0 aliphatic heterocycles. The van der Waals surface area contributed by atoms with Gasteiger partial charge in [0.05, 0.1) is 68.4 Å². The summed E-state index contributed by atoms with van der Waals surface area (Å²) in [6.45, 7) is 55.5. The summed E-state index contributed by atoms with van der Waals surface area (Å²) < 4.78 is 0. The first-order valence-corrected chi connectivity index (χ1v) is 48.3. The van der Waals surface area contributed by atoms with Gasteiger partial charge in [-0.15, -0.1) is 0 Å². The van der Waals surface area contributed by atoms with Crippen LogP contribution in [0.5, 0.6) is 0 Å². The number of anilines is 1. The van der Waals surface area contributed by atoms with Crippen LogP contribution in [0.2, 0.25) is 0 Å². The van der Waals surface area contributed by atoms with E-state index >= 15 is 0 Å². The Hall–Kier alpha value is -4.97. The Morgan fingerprint density at radius 2 is 0.419 bits per heavy atom. The zero-order chi connectivity index (χ0) is 79.7. The van der Waals surface area contributed by atoms with E-state index in [1.165, 1.54) is 69.5 Å². The van der Waals surface area contributed by atoms with E-state index in [9.17, 15) is 9.59 Å². The Morgan fingerprint density at radius 1 is 0.286 bits per heavy atom. The van der Waals surface area contributed by atoms with Gasteiger partial charge < -0.3 is 5.73 Å². The topological polar surface area (TPSA) is 148 Å². The molecule has 0 unspecified atom stereocenters. The van der Waals surface area contributed by atoms with Gasteiger partial charge in [0.1, 0.15) is 11.4 Å². The van der Waals surface area contributed by atoms with Crippen molar-refractivity contribution in [3.05, 3.63) is 235 Å². The summed E-state index contributed by atoms with van der Waals surface area (Å²) in [6.07, 6.45) is 0. The molecule has 3 heterocycles. The first kappa shape index (κ1) is 96.1. The first-order valence-electron chi connectivity index (χ1n) is 35.9. The zero-order valence-corrected chi connectivity index (χ0v) is 76.2. The fourth-order valence-electron chi connectivity index (χ4n) is 11.6. The van der Waals surface area contributed by atoms with E-state index in [0.717, 1.165) is 74.1 Å². The molecule has 0 saturated heterocycles. The van der Waals surface area contributed by atoms with Gasteiger partial charge in [0.15, 0.2) is 11.6 Å². The summed E-state index contributed by atoms with van der Waals surface area (Å²) in [4.78, 5) is 56.1. The third-order valence-electron chi connectivity index (χ3n) is 17.4. The molecule has 0 saturated carbocycles. The van der Waals surface area contributed by atoms with Crippen LogP contribution in [-0.2, 0) is 26.3 Å². The van der Waals surface area contributed by atoms with Gasteiger partial charge in [-0.1, -0.05) is 248 Å². The monoisotopic (exact) mass is 1810 g/mol. The van der Waals surface area contributed by atoms with Gasteiger partial charge in [-0.05, 0) is 179 Å². The van der Waals surface area contributed by atoms with E-state index in [2.05, 4.69) is 312 Å². The fraction of sp³-hybridized carbons (Fsp3) is 0.414. The van der Waals surface area contributed by atoms with Crippen LogP contribution in [0.4, 0.5) is 28.4 Å². The molecule has 0 radical (unpaired) electrons. The second-order valence-electron chi connectivity index (χ2n) is 28.8. The molecule has 572 valence electrons. The molecule has 2 N–H and O–H groups in total. The third-order valence-corrected chi connectivity index (χ3v) is 17.4. The van der Waals surface area contributed by atoms with Gasteiger partial charge in [0.25, 0.3) is 0 Å². The summed E-state index contributed by atoms with van der Waals surface area (Å²) in [5.41, 5.74) is 32.1. The molecule has 0 aliphatic carbocycles. The van der Waals surface area contributed by atoms with Crippen molar-refractivity contribution >= 4 is 140 Å². The number of nitrogen functional groups attached to an aromatic ring is 1. The van der Waals surface area contributed by atoms with Crippen molar-refractivity contribution in [1.82, 2.24) is 15.0 Å². The molecule has 8 aromatic rings. The van der Waals surface area contributed by atoms with Crippen molar-refractivity contribution < 1.29 is 35.9 Å². The number of carbonyl (C=O) groups is 2. The number of ketones is 2. The second-order valence-corrected chi connectivity index (χ2v) is 32.4. The normalized spacial score (nSPS) is 11.8. The average molecular weight is 1810 g/mol. The van der Waals surface area contributed by atoms with Crippen molar-refractivity contribution in [2.24, 2.45) is 20.0 Å². The van der Waals surface area contributed by atoms with E-state index in [0.29, 0.717) is 70.6 Å². The van der Waals surface area contributed by atoms with Crippen LogP contribution >= 0.6 is 77.6 Å². The number of para-hydroxylation sites is 5. The summed E-state index contributed by atoms with van der Waals surface area (Å²) in [6, 6.07) is 49.6. The number of aromatic nitrogens is 3. The number of hydrogen-bond donors (Lipinski definition) is 1. The second kappa shape index (κ2) is 49.2. The molecular formula is C87H114Cl4Fe2I2N8O2. The summed E-state index contributed by atoms with van der Waals surface area (Å²) in [5, 5.41) is 0. The van der Waals surface area contributed by atoms with Gasteiger partial charge >= 0.3 is 66.7 Å². The van der Waals surface area contributed by atoms with Crippen LogP contribution < -0.4 is 5.73 Å². The molecule has 5 aromatic carbocycles. The third kappa shape index (κ3) is 30.4. The number of rotatable bonds is 20. The van der Waals surface area contributed by atoms with Gasteiger partial charge in [-0.25, -0.2) is 15.0 Å². The fourth-order valence-corrected chi connectivity index (χ4v) is 11.6. The number of halogens is 6. The SMILES string of the molecule is CC(=Nc1c(C(C)C)cccc1C(C)C)c1cccc(C(C)=Nc2c(C(C)C)cccc2C(C)C)n1.CC(=Nc1c(C(C)C)cccc1C(C)C)c1cccc(C(C)=Nc2c(C(C)C)cccc2C(C)C)n1.CC(=O)c1cccc(C(C)=O)n1.CC(C)c1cccc(C(C)C)c1N.II.[Cl][Fe][Cl].[Cl][Fe][Cl]. The minimum absolute atomic E-state index is 0.127. The van der Waals surface area contributed by atoms with E-state index in [1.54, 1.807) is 18.2 Å². The predicted octanol–water partition coefficient (Wildman–Crippen LogP) is 29.2. The van der Waals surface area contributed by atoms with Crippen LogP contribution in [0.25, 0.3) is 0 Å². The molecule has 0 spiro atoms. The summed E-state index contributed by atoms with van der Waals surface area (Å²) in [7, 11) is 19.1. The van der Waals surface area contributed by atoms with Gasteiger partial charge in [-0.3, -0.25) is 29.6 Å². The van der Waals surface area contributed by atoms with Crippen LogP contribution in [0, 0.1) is 0 Å². The number of benzene rings is 5. The molecule has 0 atom stereocenters. The van der Waals surface area contributed by atoms with Gasteiger partial charge in [-0.2, -0.15) is 0 Å². The molecule has 8 rings (SSSR count). The Balaban J connectivity index is 0.000000502. The van der Waals surface area contributed by atoms with Gasteiger partial charge in [0.2, 0.25) is 0 Å². The van der Waals surface area contributed by atoms with Crippen molar-refractivity contribution in [3.8, 4) is 0 Å². The number of aliphatic imine (C=N–C) groups is 4. The maximum atomic E-state index is 10.8. The summed E-state index contributed by atoms with van der Waals surface area (Å²) in [5.74, 6) is 3.99. The molecule has 10 nitrogen and oxygen atoms in total. The Bertz CT molecular complexity index is 3630. The quantitative estimate of drug-likeness (QED) is 0.0264. The molecule has 0 fully saturated rings. The number of nitrogens with zero attached hydrogens (tertiary/aromatic N) is 7. The number of carbonyl (C=O) groups excluding carboxylic acids is 2. The molecule has 105 heavy (non-hydrogen) atoms. The Labute approximate surface area is 684 Å². The molecule has 0 amide bonds. The predicted molar refractivity (Wildman–Crippen MR) is 469 cm³/mol. The minimum atomic E-state index is -0.127. The molecule has 18 heteroatoms. The van der Waals surface area contributed by atoms with E-state index in [-0.39, 0.29) is 37.8 Å². The Morgan fingerprint density at radius 3 is 0.571 bits per heavy atom. The van der Waals surface area contributed by atoms with Crippen molar-refractivity contribution in [1.29, 1.82) is 0 Å². The Kier molecular flexibility index (Phi) is 45.1. The van der Waals surface area contributed by atoms with Crippen molar-refractivity contribution in [2.75, 3.05) is 5.73 Å². The molecule has 3 aromatic heterocycles. The molecular weight excluding hydrogens is 1700 g/mol. The average Bonchev–Trinajstić information content (AvgIpc) is 0.816. The number of nitrogens with two attached hydrogens (primary N) is 1. The number of hydrogen-bond acceptors (Lipinski definition) is 10. The van der Waals surface area contributed by atoms with E-state index in [4.69, 9.17) is 76.1 Å².